The lowest BCUT2D eigenvalue weighted by molar-refractivity contribution is -0.166. The van der Waals surface area contributed by atoms with Crippen molar-refractivity contribution in [2.75, 3.05) is 13.2 Å². The van der Waals surface area contributed by atoms with Gasteiger partial charge in [-0.25, -0.2) is 0 Å². The Morgan fingerprint density at radius 3 is 0.740 bits per heavy atom. The zero-order valence-corrected chi connectivity index (χ0v) is 51.5. The molecule has 0 bridgehead atoms. The van der Waals surface area contributed by atoms with Crippen molar-refractivity contribution in [1.29, 1.82) is 0 Å². The molecule has 6 heteroatoms. The molecule has 1 unspecified atom stereocenters. The number of hydrogen-bond donors (Lipinski definition) is 0. The van der Waals surface area contributed by atoms with Gasteiger partial charge in [-0.15, -0.1) is 0 Å². The summed E-state index contributed by atoms with van der Waals surface area (Å²) in [4.78, 5) is 38.2. The van der Waals surface area contributed by atoms with Gasteiger partial charge in [-0.05, 0) is 44.9 Å². The van der Waals surface area contributed by atoms with Gasteiger partial charge in [0, 0.05) is 12.8 Å². The Labute approximate surface area is 479 Å². The van der Waals surface area contributed by atoms with Crippen LogP contribution in [0.2, 0.25) is 0 Å². The maximum atomic E-state index is 12.8. The van der Waals surface area contributed by atoms with Crippen LogP contribution in [0.25, 0.3) is 0 Å². The standard InChI is InChI=1S/C71H128O6/c1-4-7-10-13-16-19-22-25-27-28-29-30-31-32-33-34-35-36-37-38-39-40-41-42-44-46-49-52-55-58-61-64-70(73)76-67-68(66-75-69(72)63-60-57-54-51-48-45-24-21-18-15-12-9-6-3)77-71(74)65-62-59-56-53-50-47-43-26-23-20-17-14-11-8-5-2/h8,11,17,20,26,43,50,53,59,62,68H,4-7,9-10,12-16,18-19,21-25,27-42,44-49,51-52,54-58,60-61,63-67H2,1-3H3/b11-8-,20-17-,43-26-,53-50-,62-59-. The highest BCUT2D eigenvalue weighted by Crippen LogP contribution is 2.18. The Morgan fingerprint density at radius 2 is 0.494 bits per heavy atom. The Balaban J connectivity index is 4.17. The molecule has 0 radical (unpaired) electrons. The number of unbranched alkanes of at least 4 members (excludes halogenated alkanes) is 42. The van der Waals surface area contributed by atoms with Crippen molar-refractivity contribution in [3.63, 3.8) is 0 Å². The van der Waals surface area contributed by atoms with Gasteiger partial charge in [-0.3, -0.25) is 14.4 Å². The van der Waals surface area contributed by atoms with Gasteiger partial charge in [0.05, 0.1) is 6.42 Å². The smallest absolute Gasteiger partial charge is 0.310 e. The SMILES string of the molecule is CC/C=C\C/C=C\C/C=C\C/C=C\C/C=C\CC(=O)OC(COC(=O)CCCCCCCCCCCCCCC)COC(=O)CCCCCCCCCCCCCCCCCCCCCCCCCCCCCCCCC. The molecule has 0 saturated heterocycles. The first-order chi connectivity index (χ1) is 38.0. The van der Waals surface area contributed by atoms with Crippen LogP contribution in [0.4, 0.5) is 0 Å². The summed E-state index contributed by atoms with van der Waals surface area (Å²) in [6.07, 6.45) is 84.4. The minimum Gasteiger partial charge on any atom is -0.462 e. The number of carbonyl (C=O) groups excluding carboxylic acids is 3. The molecule has 0 N–H and O–H groups in total. The Kier molecular flexibility index (Phi) is 63.2. The first-order valence-electron chi connectivity index (χ1n) is 33.8. The van der Waals surface area contributed by atoms with E-state index in [-0.39, 0.29) is 31.6 Å². The van der Waals surface area contributed by atoms with E-state index in [1.807, 2.05) is 6.08 Å². The van der Waals surface area contributed by atoms with Crippen LogP contribution < -0.4 is 0 Å². The fourth-order valence-corrected chi connectivity index (χ4v) is 10.1. The maximum absolute atomic E-state index is 12.8. The number of allylic oxidation sites excluding steroid dienone is 9. The zero-order chi connectivity index (χ0) is 55.7. The normalized spacial score (nSPS) is 12.4. The predicted octanol–water partition coefficient (Wildman–Crippen LogP) is 23.1. The third-order valence-corrected chi connectivity index (χ3v) is 15.1. The first kappa shape index (κ1) is 74.1. The first-order valence-corrected chi connectivity index (χ1v) is 33.8. The molecule has 0 amide bonds. The molecule has 0 aliphatic carbocycles. The molecule has 0 fully saturated rings. The molecule has 0 heterocycles. The molecule has 0 aromatic carbocycles. The van der Waals surface area contributed by atoms with Crippen LogP contribution in [0, 0.1) is 0 Å². The van der Waals surface area contributed by atoms with Gasteiger partial charge in [0.1, 0.15) is 13.2 Å². The predicted molar refractivity (Wildman–Crippen MR) is 335 cm³/mol. The quantitative estimate of drug-likeness (QED) is 0.0261. The molecular weight excluding hydrogens is 949 g/mol. The maximum Gasteiger partial charge on any atom is 0.310 e. The second kappa shape index (κ2) is 65.6. The summed E-state index contributed by atoms with van der Waals surface area (Å²) in [7, 11) is 0. The molecular formula is C71H128O6. The topological polar surface area (TPSA) is 78.9 Å². The molecule has 0 spiro atoms. The minimum atomic E-state index is -0.826. The molecule has 0 rings (SSSR count). The van der Waals surface area contributed by atoms with Crippen LogP contribution in [0.1, 0.15) is 355 Å². The van der Waals surface area contributed by atoms with Crippen LogP contribution in [0.3, 0.4) is 0 Å². The van der Waals surface area contributed by atoms with E-state index in [0.717, 1.165) is 70.6 Å². The second-order valence-corrected chi connectivity index (χ2v) is 22.7. The van der Waals surface area contributed by atoms with Crippen LogP contribution >= 0.6 is 0 Å². The summed E-state index contributed by atoms with van der Waals surface area (Å²) in [6, 6.07) is 0. The zero-order valence-electron chi connectivity index (χ0n) is 51.5. The van der Waals surface area contributed by atoms with E-state index < -0.39 is 12.1 Å². The number of ether oxygens (including phenoxy) is 3. The number of esters is 3. The third kappa shape index (κ3) is 63.8. The van der Waals surface area contributed by atoms with Crippen LogP contribution in [-0.4, -0.2) is 37.2 Å². The molecule has 0 saturated carbocycles. The van der Waals surface area contributed by atoms with Gasteiger partial charge in [0.15, 0.2) is 6.10 Å². The lowest BCUT2D eigenvalue weighted by atomic mass is 10.0. The summed E-state index contributed by atoms with van der Waals surface area (Å²) in [5.74, 6) is -1.02. The Morgan fingerprint density at radius 1 is 0.273 bits per heavy atom. The van der Waals surface area contributed by atoms with E-state index in [9.17, 15) is 14.4 Å². The van der Waals surface area contributed by atoms with Crippen LogP contribution in [0.5, 0.6) is 0 Å². The van der Waals surface area contributed by atoms with Gasteiger partial charge in [0.2, 0.25) is 0 Å². The van der Waals surface area contributed by atoms with Crippen molar-refractivity contribution in [3.8, 4) is 0 Å². The summed E-state index contributed by atoms with van der Waals surface area (Å²) in [5.41, 5.74) is 0. The van der Waals surface area contributed by atoms with E-state index >= 15 is 0 Å². The summed E-state index contributed by atoms with van der Waals surface area (Å²) in [6.45, 7) is 6.49. The third-order valence-electron chi connectivity index (χ3n) is 15.1. The Bertz CT molecular complexity index is 1380. The van der Waals surface area contributed by atoms with Crippen molar-refractivity contribution in [2.24, 2.45) is 0 Å². The van der Waals surface area contributed by atoms with E-state index in [0.29, 0.717) is 12.8 Å². The molecule has 1 atom stereocenters. The van der Waals surface area contributed by atoms with Crippen molar-refractivity contribution < 1.29 is 28.6 Å². The minimum absolute atomic E-state index is 0.102. The lowest BCUT2D eigenvalue weighted by Gasteiger charge is -2.18. The number of carbonyl (C=O) groups is 3. The number of rotatable bonds is 62. The molecule has 6 nitrogen and oxygen atoms in total. The van der Waals surface area contributed by atoms with Crippen molar-refractivity contribution in [1.82, 2.24) is 0 Å². The van der Waals surface area contributed by atoms with Crippen molar-refractivity contribution >= 4 is 17.9 Å². The fraction of sp³-hybridized carbons (Fsp3) is 0.817. The summed E-state index contributed by atoms with van der Waals surface area (Å²) >= 11 is 0. The largest absolute Gasteiger partial charge is 0.462 e. The molecule has 448 valence electrons. The van der Waals surface area contributed by atoms with Crippen LogP contribution in [-0.2, 0) is 28.6 Å². The Hall–Kier alpha value is -2.89. The molecule has 77 heavy (non-hydrogen) atoms. The second-order valence-electron chi connectivity index (χ2n) is 22.7. The van der Waals surface area contributed by atoms with Gasteiger partial charge in [0.25, 0.3) is 0 Å². The fourth-order valence-electron chi connectivity index (χ4n) is 10.1. The van der Waals surface area contributed by atoms with E-state index in [4.69, 9.17) is 14.2 Å². The average molecular weight is 1080 g/mol. The van der Waals surface area contributed by atoms with Crippen molar-refractivity contribution in [3.05, 3.63) is 60.8 Å². The van der Waals surface area contributed by atoms with Gasteiger partial charge in [-0.2, -0.15) is 0 Å². The van der Waals surface area contributed by atoms with E-state index in [1.54, 1.807) is 6.08 Å². The number of hydrogen-bond acceptors (Lipinski definition) is 6. The highest BCUT2D eigenvalue weighted by Gasteiger charge is 2.19. The average Bonchev–Trinajstić information content (AvgIpc) is 3.43. The van der Waals surface area contributed by atoms with E-state index in [2.05, 4.69) is 69.4 Å². The molecule has 0 aliphatic rings. The molecule has 0 aromatic heterocycles. The van der Waals surface area contributed by atoms with E-state index in [1.165, 1.54) is 244 Å². The van der Waals surface area contributed by atoms with Gasteiger partial charge in [-0.1, -0.05) is 351 Å². The highest BCUT2D eigenvalue weighted by molar-refractivity contribution is 5.72. The van der Waals surface area contributed by atoms with Crippen LogP contribution in [0.15, 0.2) is 60.8 Å². The molecule has 0 aromatic rings. The van der Waals surface area contributed by atoms with Gasteiger partial charge >= 0.3 is 17.9 Å². The molecule has 0 aliphatic heterocycles. The summed E-state index contributed by atoms with van der Waals surface area (Å²) < 4.78 is 16.8. The highest BCUT2D eigenvalue weighted by atomic mass is 16.6. The van der Waals surface area contributed by atoms with Gasteiger partial charge < -0.3 is 14.2 Å². The lowest BCUT2D eigenvalue weighted by Crippen LogP contribution is -2.30. The van der Waals surface area contributed by atoms with Crippen molar-refractivity contribution in [2.45, 2.75) is 361 Å². The monoisotopic (exact) mass is 1080 g/mol. The summed E-state index contributed by atoms with van der Waals surface area (Å²) in [5, 5.41) is 0.